The lowest BCUT2D eigenvalue weighted by molar-refractivity contribution is -0.139. The highest BCUT2D eigenvalue weighted by Gasteiger charge is 2.45. The fraction of sp³-hybridized carbons (Fsp3) is 0.500. The summed E-state index contributed by atoms with van der Waals surface area (Å²) in [5, 5.41) is 6.10. The number of urea groups is 1. The van der Waals surface area contributed by atoms with Crippen molar-refractivity contribution in [3.8, 4) is 11.5 Å². The van der Waals surface area contributed by atoms with Crippen LogP contribution in [0.2, 0.25) is 0 Å². The minimum atomic E-state index is -0.392. The average Bonchev–Trinajstić information content (AvgIpc) is 2.99. The van der Waals surface area contributed by atoms with Crippen LogP contribution in [-0.4, -0.2) is 87.2 Å². The van der Waals surface area contributed by atoms with Crippen molar-refractivity contribution in [2.24, 2.45) is 11.8 Å². The van der Waals surface area contributed by atoms with E-state index < -0.39 is 6.03 Å². The number of carbonyl (C=O) groups excluding carboxylic acids is 3. The van der Waals surface area contributed by atoms with Gasteiger partial charge in [-0.3, -0.25) is 19.4 Å². The lowest BCUT2D eigenvalue weighted by Crippen LogP contribution is -2.61. The van der Waals surface area contributed by atoms with Gasteiger partial charge in [0.15, 0.2) is 0 Å². The van der Waals surface area contributed by atoms with E-state index in [1.54, 1.807) is 14.2 Å². The van der Waals surface area contributed by atoms with E-state index in [1.165, 1.54) is 10.6 Å². The molecule has 1 aliphatic carbocycles. The SMILES string of the molecule is COc1ccc(CN2C(=O)NC3CC(C(=O)NCCN4CCN(c5ccc(OC)cc5)CC4)CCC3C2=O)cc1. The van der Waals surface area contributed by atoms with Crippen LogP contribution >= 0.6 is 0 Å². The van der Waals surface area contributed by atoms with Crippen LogP contribution in [0.4, 0.5) is 10.5 Å². The molecule has 2 N–H and O–H groups in total. The number of methoxy groups -OCH3 is 2. The predicted octanol–water partition coefficient (Wildman–Crippen LogP) is 2.48. The lowest BCUT2D eigenvalue weighted by atomic mass is 9.76. The van der Waals surface area contributed by atoms with E-state index in [9.17, 15) is 14.4 Å². The Morgan fingerprint density at radius 1 is 0.925 bits per heavy atom. The number of rotatable bonds is 9. The molecular formula is C30H39N5O5. The number of nitrogens with zero attached hydrogens (tertiary/aromatic N) is 3. The molecule has 5 rings (SSSR count). The molecule has 1 saturated carbocycles. The maximum Gasteiger partial charge on any atom is 0.324 e. The molecule has 2 aromatic rings. The Labute approximate surface area is 235 Å². The molecule has 0 radical (unpaired) electrons. The Morgan fingerprint density at radius 3 is 2.23 bits per heavy atom. The molecule has 0 spiro atoms. The molecular weight excluding hydrogens is 510 g/mol. The second-order valence-corrected chi connectivity index (χ2v) is 10.8. The second-order valence-electron chi connectivity index (χ2n) is 10.8. The smallest absolute Gasteiger partial charge is 0.324 e. The van der Waals surface area contributed by atoms with Gasteiger partial charge in [-0.25, -0.2) is 4.79 Å². The molecule has 2 saturated heterocycles. The van der Waals surface area contributed by atoms with Crippen molar-refractivity contribution >= 4 is 23.5 Å². The second kappa shape index (κ2) is 12.6. The summed E-state index contributed by atoms with van der Waals surface area (Å²) in [6, 6.07) is 14.8. The zero-order chi connectivity index (χ0) is 28.1. The number of carbonyl (C=O) groups is 3. The van der Waals surface area contributed by atoms with Gasteiger partial charge in [0.25, 0.3) is 0 Å². The highest BCUT2D eigenvalue weighted by atomic mass is 16.5. The topological polar surface area (TPSA) is 103 Å². The highest BCUT2D eigenvalue weighted by Crippen LogP contribution is 2.33. The summed E-state index contributed by atoms with van der Waals surface area (Å²) >= 11 is 0. The molecule has 2 aliphatic heterocycles. The van der Waals surface area contributed by atoms with Gasteiger partial charge < -0.3 is 25.0 Å². The number of imide groups is 1. The molecule has 10 heteroatoms. The highest BCUT2D eigenvalue weighted by molar-refractivity contribution is 5.99. The van der Waals surface area contributed by atoms with E-state index in [0.29, 0.717) is 25.8 Å². The van der Waals surface area contributed by atoms with Gasteiger partial charge in [0, 0.05) is 56.9 Å². The van der Waals surface area contributed by atoms with Crippen molar-refractivity contribution in [1.29, 1.82) is 0 Å². The van der Waals surface area contributed by atoms with Crippen molar-refractivity contribution in [2.45, 2.75) is 31.8 Å². The molecule has 3 aliphatic rings. The molecule has 40 heavy (non-hydrogen) atoms. The van der Waals surface area contributed by atoms with Crippen LogP contribution in [0.15, 0.2) is 48.5 Å². The predicted molar refractivity (Wildman–Crippen MR) is 151 cm³/mol. The van der Waals surface area contributed by atoms with Crippen LogP contribution in [0.25, 0.3) is 0 Å². The van der Waals surface area contributed by atoms with Crippen molar-refractivity contribution in [3.05, 3.63) is 54.1 Å². The fourth-order valence-electron chi connectivity index (χ4n) is 5.97. The Bertz CT molecular complexity index is 1180. The first-order valence-corrected chi connectivity index (χ1v) is 14.1. The van der Waals surface area contributed by atoms with Crippen LogP contribution in [-0.2, 0) is 16.1 Å². The Kier molecular flexibility index (Phi) is 8.74. The number of anilines is 1. The largest absolute Gasteiger partial charge is 0.497 e. The van der Waals surface area contributed by atoms with Crippen molar-refractivity contribution in [1.82, 2.24) is 20.4 Å². The first kappa shape index (κ1) is 27.8. The summed E-state index contributed by atoms with van der Waals surface area (Å²) in [5.41, 5.74) is 2.06. The van der Waals surface area contributed by atoms with Crippen molar-refractivity contribution in [2.75, 3.05) is 58.4 Å². The van der Waals surface area contributed by atoms with Crippen LogP contribution < -0.4 is 25.0 Å². The number of hydrogen-bond donors (Lipinski definition) is 2. The minimum Gasteiger partial charge on any atom is -0.497 e. The third-order valence-electron chi connectivity index (χ3n) is 8.40. The number of benzene rings is 2. The van der Waals surface area contributed by atoms with Crippen molar-refractivity contribution < 1.29 is 23.9 Å². The first-order chi connectivity index (χ1) is 19.4. The lowest BCUT2D eigenvalue weighted by Gasteiger charge is -2.42. The Hall–Kier alpha value is -3.79. The third-order valence-corrected chi connectivity index (χ3v) is 8.40. The maximum atomic E-state index is 13.2. The number of fused-ring (bicyclic) bond motifs is 1. The summed E-state index contributed by atoms with van der Waals surface area (Å²) in [4.78, 5) is 45.0. The van der Waals surface area contributed by atoms with Gasteiger partial charge in [-0.05, 0) is 61.2 Å². The number of piperazine rings is 1. The zero-order valence-corrected chi connectivity index (χ0v) is 23.3. The van der Waals surface area contributed by atoms with E-state index in [4.69, 9.17) is 9.47 Å². The molecule has 0 bridgehead atoms. The molecule has 4 amide bonds. The van der Waals surface area contributed by atoms with Gasteiger partial charge in [-0.2, -0.15) is 0 Å². The molecule has 3 atom stereocenters. The van der Waals surface area contributed by atoms with Gasteiger partial charge in [-0.1, -0.05) is 12.1 Å². The number of amides is 4. The van der Waals surface area contributed by atoms with Gasteiger partial charge in [0.05, 0.1) is 26.7 Å². The van der Waals surface area contributed by atoms with Crippen LogP contribution in [0.5, 0.6) is 11.5 Å². The standard InChI is InChI=1S/C30H39N5O5/c1-39-24-8-3-21(4-9-24)20-35-29(37)26-12-5-22(19-27(26)32-30(35)38)28(36)31-13-14-33-15-17-34(18-16-33)23-6-10-25(40-2)11-7-23/h3-4,6-11,22,26-27H,5,12-20H2,1-2H3,(H,31,36)(H,32,38). The summed E-state index contributed by atoms with van der Waals surface area (Å²) in [7, 11) is 3.27. The van der Waals surface area contributed by atoms with Crippen LogP contribution in [0, 0.1) is 11.8 Å². The number of nitrogens with one attached hydrogen (secondary N) is 2. The van der Waals surface area contributed by atoms with Gasteiger partial charge in [-0.15, -0.1) is 0 Å². The average molecular weight is 550 g/mol. The molecule has 10 nitrogen and oxygen atoms in total. The summed E-state index contributed by atoms with van der Waals surface area (Å²) < 4.78 is 10.4. The molecule has 2 heterocycles. The van der Waals surface area contributed by atoms with Crippen LogP contribution in [0.1, 0.15) is 24.8 Å². The Balaban J connectivity index is 1.04. The normalized spacial score (nSPS) is 23.3. The zero-order valence-electron chi connectivity index (χ0n) is 23.3. The summed E-state index contributed by atoms with van der Waals surface area (Å²) in [6.45, 7) is 5.37. The van der Waals surface area contributed by atoms with E-state index >= 15 is 0 Å². The third kappa shape index (κ3) is 6.33. The first-order valence-electron chi connectivity index (χ1n) is 14.1. The molecule has 2 aromatic carbocycles. The van der Waals surface area contributed by atoms with E-state index in [0.717, 1.165) is 49.8 Å². The van der Waals surface area contributed by atoms with Gasteiger partial charge in [0.1, 0.15) is 11.5 Å². The van der Waals surface area contributed by atoms with E-state index in [-0.39, 0.29) is 36.2 Å². The fourth-order valence-corrected chi connectivity index (χ4v) is 5.97. The molecule has 0 aromatic heterocycles. The van der Waals surface area contributed by atoms with Crippen molar-refractivity contribution in [3.63, 3.8) is 0 Å². The van der Waals surface area contributed by atoms with Gasteiger partial charge >= 0.3 is 6.03 Å². The number of ether oxygens (including phenoxy) is 2. The molecule has 214 valence electrons. The minimum absolute atomic E-state index is 0.0117. The maximum absolute atomic E-state index is 13.2. The van der Waals surface area contributed by atoms with Crippen LogP contribution in [0.3, 0.4) is 0 Å². The summed E-state index contributed by atoms with van der Waals surface area (Å²) in [5.74, 6) is 0.948. The number of hydrogen-bond acceptors (Lipinski definition) is 7. The Morgan fingerprint density at radius 2 is 1.57 bits per heavy atom. The van der Waals surface area contributed by atoms with Gasteiger partial charge in [0.2, 0.25) is 11.8 Å². The quantitative estimate of drug-likeness (QED) is 0.495. The molecule has 3 fully saturated rings. The van der Waals surface area contributed by atoms with E-state index in [1.807, 2.05) is 36.4 Å². The summed E-state index contributed by atoms with van der Waals surface area (Å²) in [6.07, 6.45) is 1.73. The molecule has 3 unspecified atom stereocenters. The monoisotopic (exact) mass is 549 g/mol. The van der Waals surface area contributed by atoms with E-state index in [2.05, 4.69) is 32.6 Å².